The van der Waals surface area contributed by atoms with E-state index < -0.39 is 0 Å². The van der Waals surface area contributed by atoms with Gasteiger partial charge in [0.05, 0.1) is 5.52 Å². The van der Waals surface area contributed by atoms with Crippen molar-refractivity contribution in [2.75, 3.05) is 5.32 Å². The van der Waals surface area contributed by atoms with Gasteiger partial charge in [-0.3, -0.25) is 4.98 Å². The monoisotopic (exact) mass is 434 g/mol. The zero-order valence-corrected chi connectivity index (χ0v) is 20.3. The predicted octanol–water partition coefficient (Wildman–Crippen LogP) is 7.23. The fourth-order valence-corrected chi connectivity index (χ4v) is 4.04. The summed E-state index contributed by atoms with van der Waals surface area (Å²) in [5, 5.41) is 5.09. The zero-order valence-electron chi connectivity index (χ0n) is 20.3. The Hall–Kier alpha value is -3.01. The lowest BCUT2D eigenvalue weighted by Gasteiger charge is -2.25. The van der Waals surface area contributed by atoms with Gasteiger partial charge in [-0.15, -0.1) is 0 Å². The maximum Gasteiger partial charge on any atom is 0.106 e. The van der Waals surface area contributed by atoms with Crippen molar-refractivity contribution in [2.24, 2.45) is 0 Å². The molecule has 0 aliphatic heterocycles. The summed E-state index contributed by atoms with van der Waals surface area (Å²) < 4.78 is 0. The van der Waals surface area contributed by atoms with Crippen molar-refractivity contribution in [2.45, 2.75) is 72.8 Å². The first-order valence-electron chi connectivity index (χ1n) is 11.4. The minimum atomic E-state index is 0.596. The number of rotatable bonds is 3. The normalized spacial score (nSPS) is 12.9. The van der Waals surface area contributed by atoms with E-state index in [2.05, 4.69) is 67.5 Å². The first-order chi connectivity index (χ1) is 15.6. The third-order valence-electron chi connectivity index (χ3n) is 5.85. The van der Waals surface area contributed by atoms with Crippen molar-refractivity contribution < 1.29 is 9.59 Å². The van der Waals surface area contributed by atoms with E-state index in [1.54, 1.807) is 0 Å². The summed E-state index contributed by atoms with van der Waals surface area (Å²) in [4.78, 5) is 20.7. The third kappa shape index (κ3) is 6.74. The Bertz CT molecular complexity index is 977. The maximum absolute atomic E-state index is 8.00. The summed E-state index contributed by atoms with van der Waals surface area (Å²) in [5.74, 6) is 0. The zero-order chi connectivity index (χ0) is 24.1. The highest BCUT2D eigenvalue weighted by molar-refractivity contribution is 5.95. The smallest absolute Gasteiger partial charge is 0.106 e. The molecule has 0 saturated heterocycles. The number of fused-ring (bicyclic) bond motifs is 1. The van der Waals surface area contributed by atoms with E-state index in [-0.39, 0.29) is 0 Å². The molecule has 0 unspecified atom stereocenters. The van der Waals surface area contributed by atoms with Crippen molar-refractivity contribution in [3.05, 3.63) is 59.3 Å². The van der Waals surface area contributed by atoms with Crippen molar-refractivity contribution >= 4 is 30.2 Å². The number of nitrogens with zero attached hydrogens (tertiary/aromatic N) is 1. The molecule has 3 aromatic rings. The van der Waals surface area contributed by atoms with Gasteiger partial charge in [0.2, 0.25) is 0 Å². The molecule has 4 heteroatoms. The first kappa shape index (κ1) is 27.0. The van der Waals surface area contributed by atoms with Crippen LogP contribution in [0.4, 0.5) is 5.69 Å². The Morgan fingerprint density at radius 2 is 1.38 bits per heavy atom. The van der Waals surface area contributed by atoms with Gasteiger partial charge in [0, 0.05) is 23.3 Å². The number of aromatic nitrogens is 1. The first-order valence-corrected chi connectivity index (χ1v) is 11.4. The highest BCUT2D eigenvalue weighted by Gasteiger charge is 2.16. The van der Waals surface area contributed by atoms with E-state index >= 15 is 0 Å². The van der Waals surface area contributed by atoms with Crippen molar-refractivity contribution in [3.8, 4) is 11.1 Å². The number of hydrogen-bond donors (Lipinski definition) is 1. The fraction of sp³-hybridized carbons (Fsp3) is 0.393. The lowest BCUT2D eigenvalue weighted by Crippen LogP contribution is -2.22. The van der Waals surface area contributed by atoms with Gasteiger partial charge in [-0.25, -0.2) is 0 Å². The molecule has 0 amide bonds. The molecule has 0 spiro atoms. The second-order valence-electron chi connectivity index (χ2n) is 7.83. The fourth-order valence-electron chi connectivity index (χ4n) is 4.04. The van der Waals surface area contributed by atoms with Crippen LogP contribution in [0.25, 0.3) is 22.0 Å². The second-order valence-corrected chi connectivity index (χ2v) is 7.83. The van der Waals surface area contributed by atoms with Crippen LogP contribution in [0.1, 0.15) is 62.6 Å². The molecule has 1 aromatic heterocycles. The lowest BCUT2D eigenvalue weighted by atomic mass is 9.94. The number of aryl methyl sites for hydroxylation is 3. The van der Waals surface area contributed by atoms with E-state index in [1.807, 2.05) is 33.6 Å². The average molecular weight is 435 g/mol. The lowest BCUT2D eigenvalue weighted by molar-refractivity contribution is -0.0987. The van der Waals surface area contributed by atoms with Crippen molar-refractivity contribution in [1.29, 1.82) is 0 Å². The average Bonchev–Trinajstić information content (AvgIpc) is 2.87. The van der Waals surface area contributed by atoms with Gasteiger partial charge in [-0.1, -0.05) is 57.4 Å². The molecule has 0 radical (unpaired) electrons. The van der Waals surface area contributed by atoms with E-state index in [0.717, 1.165) is 5.52 Å². The third-order valence-corrected chi connectivity index (χ3v) is 5.85. The Morgan fingerprint density at radius 1 is 0.781 bits per heavy atom. The standard InChI is InChI=1S/C24H28N2.C2H6.2CH2O/c1-16-9-10-19(13-17(16)2)20-11-12-23-22(14-20)24(18(3)15-25-23)26-21-7-5-4-6-8-21;3*1-2/h9-15,21H,4-8H2,1-3H3,(H,25,26);1-2H3;2*1H2. The highest BCUT2D eigenvalue weighted by atomic mass is 16.1. The quantitative estimate of drug-likeness (QED) is 0.472. The SMILES string of the molecule is C=O.C=O.CC.Cc1ccc(-c2ccc3ncc(C)c(NC4CCCCC4)c3c2)cc1C. The van der Waals surface area contributed by atoms with E-state index in [9.17, 15) is 0 Å². The summed E-state index contributed by atoms with van der Waals surface area (Å²) in [5.41, 5.74) is 8.80. The molecule has 32 heavy (non-hydrogen) atoms. The van der Waals surface area contributed by atoms with Gasteiger partial charge < -0.3 is 14.9 Å². The summed E-state index contributed by atoms with van der Waals surface area (Å²) in [7, 11) is 0. The van der Waals surface area contributed by atoms with Crippen LogP contribution in [0.15, 0.2) is 42.6 Å². The molecule has 4 rings (SSSR count). The van der Waals surface area contributed by atoms with Crippen molar-refractivity contribution in [3.63, 3.8) is 0 Å². The maximum atomic E-state index is 8.00. The summed E-state index contributed by atoms with van der Waals surface area (Å²) in [6, 6.07) is 14.0. The molecule has 0 bridgehead atoms. The van der Waals surface area contributed by atoms with Crippen LogP contribution < -0.4 is 5.32 Å². The molecule has 1 aliphatic carbocycles. The Labute approximate surface area is 193 Å². The van der Waals surface area contributed by atoms with Crippen LogP contribution >= 0.6 is 0 Å². The Balaban J connectivity index is 0.000000789. The summed E-state index contributed by atoms with van der Waals surface area (Å²) >= 11 is 0. The van der Waals surface area contributed by atoms with Crippen LogP contribution in [0, 0.1) is 20.8 Å². The molecular formula is C28H38N2O2. The van der Waals surface area contributed by atoms with Gasteiger partial charge in [-0.2, -0.15) is 0 Å². The summed E-state index contributed by atoms with van der Waals surface area (Å²) in [6.07, 6.45) is 8.62. The van der Waals surface area contributed by atoms with Gasteiger partial charge in [0.15, 0.2) is 0 Å². The number of hydrogen-bond acceptors (Lipinski definition) is 4. The molecule has 172 valence electrons. The van der Waals surface area contributed by atoms with Gasteiger partial charge >= 0.3 is 0 Å². The number of nitrogens with one attached hydrogen (secondary N) is 1. The van der Waals surface area contributed by atoms with Crippen LogP contribution in [0.3, 0.4) is 0 Å². The highest BCUT2D eigenvalue weighted by Crippen LogP contribution is 2.33. The number of pyridine rings is 1. The largest absolute Gasteiger partial charge is 0.382 e. The molecule has 1 saturated carbocycles. The Kier molecular flexibility index (Phi) is 11.9. The number of anilines is 1. The molecule has 1 heterocycles. The molecular weight excluding hydrogens is 396 g/mol. The van der Waals surface area contributed by atoms with Gasteiger partial charge in [0.1, 0.15) is 13.6 Å². The number of benzene rings is 2. The molecule has 0 atom stereocenters. The van der Waals surface area contributed by atoms with E-state index in [1.165, 1.54) is 71.0 Å². The summed E-state index contributed by atoms with van der Waals surface area (Å²) in [6.45, 7) is 14.5. The van der Waals surface area contributed by atoms with Crippen LogP contribution in [-0.2, 0) is 9.59 Å². The van der Waals surface area contributed by atoms with E-state index in [4.69, 9.17) is 9.59 Å². The van der Waals surface area contributed by atoms with Crippen LogP contribution in [-0.4, -0.2) is 24.6 Å². The van der Waals surface area contributed by atoms with Crippen LogP contribution in [0.5, 0.6) is 0 Å². The molecule has 1 fully saturated rings. The minimum absolute atomic E-state index is 0.596. The molecule has 1 N–H and O–H groups in total. The number of carbonyl (C=O) groups excluding carboxylic acids is 2. The minimum Gasteiger partial charge on any atom is -0.382 e. The molecule has 2 aromatic carbocycles. The van der Waals surface area contributed by atoms with Crippen molar-refractivity contribution in [1.82, 2.24) is 4.98 Å². The van der Waals surface area contributed by atoms with E-state index in [0.29, 0.717) is 6.04 Å². The van der Waals surface area contributed by atoms with Gasteiger partial charge in [-0.05, 0) is 73.6 Å². The second kappa shape index (κ2) is 14.1. The Morgan fingerprint density at radius 3 is 2.00 bits per heavy atom. The topological polar surface area (TPSA) is 59.1 Å². The number of carbonyl (C=O) groups is 2. The molecule has 4 nitrogen and oxygen atoms in total. The predicted molar refractivity (Wildman–Crippen MR) is 137 cm³/mol. The van der Waals surface area contributed by atoms with Gasteiger partial charge in [0.25, 0.3) is 0 Å². The molecule has 1 aliphatic rings. The van der Waals surface area contributed by atoms with Crippen LogP contribution in [0.2, 0.25) is 0 Å².